The Bertz CT molecular complexity index is 930. The monoisotopic (exact) mass is 363 g/mol. The third-order valence-electron chi connectivity index (χ3n) is 3.61. The van der Waals surface area contributed by atoms with Crippen LogP contribution in [0.25, 0.3) is 0 Å². The topological polar surface area (TPSA) is 88.9 Å². The molecule has 0 radical (unpaired) electrons. The van der Waals surface area contributed by atoms with Gasteiger partial charge in [-0.15, -0.1) is 5.10 Å². The summed E-state index contributed by atoms with van der Waals surface area (Å²) >= 11 is 0. The molecular formula is C17H12F3N3O3. The highest BCUT2D eigenvalue weighted by Gasteiger charge is 2.33. The fourth-order valence-corrected chi connectivity index (χ4v) is 2.43. The molecule has 0 saturated carbocycles. The zero-order chi connectivity index (χ0) is 18.7. The van der Waals surface area contributed by atoms with Crippen LogP contribution in [0.2, 0.25) is 0 Å². The summed E-state index contributed by atoms with van der Waals surface area (Å²) in [6.45, 7) is 0. The van der Waals surface area contributed by atoms with Crippen LogP contribution in [-0.4, -0.2) is 26.7 Å². The number of alkyl halides is 3. The summed E-state index contributed by atoms with van der Waals surface area (Å²) in [6, 6.07) is 8.11. The van der Waals surface area contributed by atoms with Crippen LogP contribution in [0, 0.1) is 0 Å². The van der Waals surface area contributed by atoms with Crippen LogP contribution >= 0.6 is 0 Å². The van der Waals surface area contributed by atoms with Crippen LogP contribution in [-0.2, 0) is 23.8 Å². The highest BCUT2D eigenvalue weighted by Crippen LogP contribution is 2.33. The number of hydrogen-bond acceptors (Lipinski definition) is 5. The number of carbonyl (C=O) groups excluding carboxylic acids is 2. The Morgan fingerprint density at radius 1 is 1.08 bits per heavy atom. The molecule has 2 heterocycles. The van der Waals surface area contributed by atoms with Gasteiger partial charge in [0.15, 0.2) is 0 Å². The Labute approximate surface area is 145 Å². The first-order valence-corrected chi connectivity index (χ1v) is 7.50. The Balaban J connectivity index is 1.71. The van der Waals surface area contributed by atoms with Gasteiger partial charge in [-0.05, 0) is 23.8 Å². The van der Waals surface area contributed by atoms with E-state index in [1.165, 1.54) is 36.7 Å². The number of nitrogens with zero attached hydrogens (tertiary/aromatic N) is 2. The minimum absolute atomic E-state index is 0.0593. The number of nitrogens with one attached hydrogen (secondary N) is 1. The van der Waals surface area contributed by atoms with Crippen molar-refractivity contribution in [3.63, 3.8) is 0 Å². The fraction of sp³-hybridized carbons (Fsp3) is 0.176. The van der Waals surface area contributed by atoms with Gasteiger partial charge in [0.1, 0.15) is 17.8 Å². The van der Waals surface area contributed by atoms with Crippen LogP contribution in [0.1, 0.15) is 33.3 Å². The molecule has 0 amide bonds. The maximum atomic E-state index is 13.0. The van der Waals surface area contributed by atoms with Crippen LogP contribution in [0.15, 0.2) is 47.1 Å². The van der Waals surface area contributed by atoms with E-state index in [1.807, 2.05) is 0 Å². The van der Waals surface area contributed by atoms with Crippen molar-refractivity contribution in [2.45, 2.75) is 19.0 Å². The largest absolute Gasteiger partial charge is 0.465 e. The molecule has 0 aliphatic heterocycles. The Hall–Kier alpha value is -3.23. The van der Waals surface area contributed by atoms with E-state index < -0.39 is 23.3 Å². The molecule has 2 aromatic heterocycles. The van der Waals surface area contributed by atoms with Crippen molar-refractivity contribution in [2.75, 3.05) is 0 Å². The second kappa shape index (κ2) is 6.95. The van der Waals surface area contributed by atoms with E-state index in [0.717, 1.165) is 6.07 Å². The van der Waals surface area contributed by atoms with Gasteiger partial charge < -0.3 is 4.42 Å². The van der Waals surface area contributed by atoms with Crippen LogP contribution in [0.4, 0.5) is 13.2 Å². The second-order valence-corrected chi connectivity index (χ2v) is 5.45. The average Bonchev–Trinajstić information content (AvgIpc) is 3.26. The molecule has 9 heteroatoms. The molecule has 3 rings (SSSR count). The Morgan fingerprint density at radius 2 is 1.81 bits per heavy atom. The molecular weight excluding hydrogens is 351 g/mol. The molecule has 0 bridgehead atoms. The lowest BCUT2D eigenvalue weighted by Crippen LogP contribution is -2.17. The standard InChI is InChI=1S/C17H12F3N3O3/c18-17(19,20)13-4-2-1-3-10(13)7-11-5-6-12(26-11)8-14(24)15(25)16-21-9-22-23-16/h1-6,9H,7-8H2,(H,21,22,23). The zero-order valence-corrected chi connectivity index (χ0v) is 13.2. The number of aromatic amines is 1. The average molecular weight is 363 g/mol. The highest BCUT2D eigenvalue weighted by atomic mass is 19.4. The molecule has 0 saturated heterocycles. The van der Waals surface area contributed by atoms with Crippen LogP contribution in [0.5, 0.6) is 0 Å². The highest BCUT2D eigenvalue weighted by molar-refractivity contribution is 6.42. The number of aromatic nitrogens is 3. The number of halogens is 3. The van der Waals surface area contributed by atoms with Crippen molar-refractivity contribution in [1.29, 1.82) is 0 Å². The van der Waals surface area contributed by atoms with Gasteiger partial charge in [-0.2, -0.15) is 13.2 Å². The summed E-state index contributed by atoms with van der Waals surface area (Å²) in [5.74, 6) is -1.46. The van der Waals surface area contributed by atoms with Gasteiger partial charge in [0.25, 0.3) is 5.78 Å². The molecule has 1 N–H and O–H groups in total. The van der Waals surface area contributed by atoms with E-state index in [1.54, 1.807) is 0 Å². The van der Waals surface area contributed by atoms with E-state index in [4.69, 9.17) is 4.42 Å². The Kier molecular flexibility index (Phi) is 4.70. The van der Waals surface area contributed by atoms with Crippen LogP contribution < -0.4 is 0 Å². The van der Waals surface area contributed by atoms with E-state index >= 15 is 0 Å². The molecule has 0 spiro atoms. The van der Waals surface area contributed by atoms with Gasteiger partial charge in [-0.25, -0.2) is 4.98 Å². The SMILES string of the molecule is O=C(Cc1ccc(Cc2ccccc2C(F)(F)F)o1)C(=O)c1nc[nH]n1. The van der Waals surface area contributed by atoms with Gasteiger partial charge in [-0.3, -0.25) is 14.7 Å². The van der Waals surface area contributed by atoms with Crippen molar-refractivity contribution < 1.29 is 27.2 Å². The molecule has 0 unspecified atom stereocenters. The summed E-state index contributed by atoms with van der Waals surface area (Å²) in [6.07, 6.45) is -3.71. The van der Waals surface area contributed by atoms with Gasteiger partial charge in [0.2, 0.25) is 11.6 Å². The number of rotatable bonds is 6. The van der Waals surface area contributed by atoms with Gasteiger partial charge in [0, 0.05) is 6.42 Å². The van der Waals surface area contributed by atoms with E-state index in [0.29, 0.717) is 0 Å². The summed E-state index contributed by atoms with van der Waals surface area (Å²) < 4.78 is 44.5. The number of benzene rings is 1. The maximum absolute atomic E-state index is 13.0. The summed E-state index contributed by atoms with van der Waals surface area (Å²) in [5.41, 5.74) is -0.683. The summed E-state index contributed by atoms with van der Waals surface area (Å²) in [5, 5.41) is 5.86. The van der Waals surface area contributed by atoms with E-state index in [2.05, 4.69) is 15.2 Å². The number of carbonyl (C=O) groups is 2. The summed E-state index contributed by atoms with van der Waals surface area (Å²) in [4.78, 5) is 27.3. The number of ketones is 2. The smallest absolute Gasteiger partial charge is 0.416 e. The third kappa shape index (κ3) is 3.88. The number of furan rings is 1. The van der Waals surface area contributed by atoms with E-state index in [9.17, 15) is 22.8 Å². The summed E-state index contributed by atoms with van der Waals surface area (Å²) in [7, 11) is 0. The van der Waals surface area contributed by atoms with Gasteiger partial charge >= 0.3 is 6.18 Å². The normalized spacial score (nSPS) is 11.5. The predicted octanol–water partition coefficient (Wildman–Crippen LogP) is 3.00. The fourth-order valence-electron chi connectivity index (χ4n) is 2.43. The lowest BCUT2D eigenvalue weighted by molar-refractivity contribution is -0.138. The van der Waals surface area contributed by atoms with Crippen molar-refractivity contribution >= 4 is 11.6 Å². The lowest BCUT2D eigenvalue weighted by Gasteiger charge is -2.11. The number of hydrogen-bond donors (Lipinski definition) is 1. The first kappa shape index (κ1) is 17.6. The molecule has 1 aromatic carbocycles. The molecule has 0 atom stereocenters. The minimum Gasteiger partial charge on any atom is -0.465 e. The molecule has 134 valence electrons. The minimum atomic E-state index is -4.47. The molecule has 3 aromatic rings. The van der Waals surface area contributed by atoms with E-state index in [-0.39, 0.29) is 35.7 Å². The Morgan fingerprint density at radius 3 is 2.50 bits per heavy atom. The number of H-pyrrole nitrogens is 1. The van der Waals surface area contributed by atoms with Gasteiger partial charge in [0.05, 0.1) is 12.0 Å². The number of Topliss-reactive ketones (excluding diaryl/α,β-unsaturated/α-hetero) is 2. The van der Waals surface area contributed by atoms with Crippen LogP contribution in [0.3, 0.4) is 0 Å². The third-order valence-corrected chi connectivity index (χ3v) is 3.61. The first-order chi connectivity index (χ1) is 12.3. The van der Waals surface area contributed by atoms with Gasteiger partial charge in [-0.1, -0.05) is 18.2 Å². The maximum Gasteiger partial charge on any atom is 0.416 e. The molecule has 26 heavy (non-hydrogen) atoms. The predicted molar refractivity (Wildman–Crippen MR) is 82.4 cm³/mol. The van der Waals surface area contributed by atoms with Crippen molar-refractivity contribution in [3.8, 4) is 0 Å². The second-order valence-electron chi connectivity index (χ2n) is 5.45. The van der Waals surface area contributed by atoms with Crippen molar-refractivity contribution in [2.24, 2.45) is 0 Å². The quantitative estimate of drug-likeness (QED) is 0.537. The molecule has 0 fully saturated rings. The first-order valence-electron chi connectivity index (χ1n) is 7.50. The zero-order valence-electron chi connectivity index (χ0n) is 13.2. The van der Waals surface area contributed by atoms with Crippen molar-refractivity contribution in [3.05, 3.63) is 71.2 Å². The molecule has 6 nitrogen and oxygen atoms in total. The molecule has 0 aliphatic carbocycles. The van der Waals surface area contributed by atoms with Crippen molar-refractivity contribution in [1.82, 2.24) is 15.2 Å². The molecule has 0 aliphatic rings. The lowest BCUT2D eigenvalue weighted by atomic mass is 10.0.